The molecule has 1 saturated heterocycles. The van der Waals surface area contributed by atoms with Crippen LogP contribution in [0.15, 0.2) is 0 Å². The molecule has 0 radical (unpaired) electrons. The highest BCUT2D eigenvalue weighted by molar-refractivity contribution is 5.77. The number of carbonyl (C=O) groups excluding carboxylic acids is 1. The minimum Gasteiger partial charge on any atom is -0.481 e. The van der Waals surface area contributed by atoms with Crippen molar-refractivity contribution < 1.29 is 19.4 Å². The van der Waals surface area contributed by atoms with Gasteiger partial charge in [0.1, 0.15) is 5.92 Å². The Labute approximate surface area is 126 Å². The Bertz CT molecular complexity index is 378. The summed E-state index contributed by atoms with van der Waals surface area (Å²) in [5.74, 6) is -1.55. The third-order valence-corrected chi connectivity index (χ3v) is 4.13. The van der Waals surface area contributed by atoms with Crippen molar-refractivity contribution in [3.05, 3.63) is 0 Å². The Morgan fingerprint density at radius 2 is 2.00 bits per heavy atom. The normalized spacial score (nSPS) is 23.7. The molecule has 2 amide bonds. The number of nitrogens with zero attached hydrogens (tertiary/aromatic N) is 1. The fourth-order valence-electron chi connectivity index (χ4n) is 2.23. The number of ether oxygens (including phenoxy) is 1. The largest absolute Gasteiger partial charge is 0.481 e. The van der Waals surface area contributed by atoms with Crippen molar-refractivity contribution in [3.8, 4) is 0 Å². The van der Waals surface area contributed by atoms with Gasteiger partial charge in [0.15, 0.2) is 0 Å². The van der Waals surface area contributed by atoms with Gasteiger partial charge >= 0.3 is 12.0 Å². The van der Waals surface area contributed by atoms with Crippen molar-refractivity contribution in [2.75, 3.05) is 19.8 Å². The summed E-state index contributed by atoms with van der Waals surface area (Å²) in [6.07, 6.45) is 0.778. The summed E-state index contributed by atoms with van der Waals surface area (Å²) in [5, 5.41) is 12.2. The molecule has 3 unspecified atom stereocenters. The Hall–Kier alpha value is -1.30. The summed E-state index contributed by atoms with van der Waals surface area (Å²) in [5.41, 5.74) is -0.0497. The van der Waals surface area contributed by atoms with E-state index in [1.54, 1.807) is 4.90 Å². The number of carboxylic acids is 1. The minimum absolute atomic E-state index is 0.00467. The first-order valence-electron chi connectivity index (χ1n) is 7.56. The zero-order valence-electron chi connectivity index (χ0n) is 13.7. The Morgan fingerprint density at radius 1 is 1.38 bits per heavy atom. The second-order valence-corrected chi connectivity index (χ2v) is 6.78. The Balaban J connectivity index is 2.81. The molecule has 3 atom stereocenters. The second-order valence-electron chi connectivity index (χ2n) is 6.78. The summed E-state index contributed by atoms with van der Waals surface area (Å²) < 4.78 is 5.28. The molecule has 2 N–H and O–H groups in total. The molecule has 1 aliphatic rings. The molecule has 21 heavy (non-hydrogen) atoms. The van der Waals surface area contributed by atoms with Gasteiger partial charge in [0.05, 0.1) is 19.3 Å². The van der Waals surface area contributed by atoms with Gasteiger partial charge in [0, 0.05) is 12.6 Å². The number of nitrogens with one attached hydrogen (secondary N) is 1. The van der Waals surface area contributed by atoms with Gasteiger partial charge in [-0.2, -0.15) is 0 Å². The van der Waals surface area contributed by atoms with E-state index < -0.39 is 17.9 Å². The molecular weight excluding hydrogens is 272 g/mol. The fraction of sp³-hybridized carbons (Fsp3) is 0.867. The number of rotatable bonds is 5. The van der Waals surface area contributed by atoms with Crippen LogP contribution < -0.4 is 5.32 Å². The van der Waals surface area contributed by atoms with Crippen LogP contribution in [0.3, 0.4) is 0 Å². The van der Waals surface area contributed by atoms with Crippen molar-refractivity contribution in [1.82, 2.24) is 10.2 Å². The maximum Gasteiger partial charge on any atom is 0.317 e. The highest BCUT2D eigenvalue weighted by Crippen LogP contribution is 2.22. The summed E-state index contributed by atoms with van der Waals surface area (Å²) >= 11 is 0. The van der Waals surface area contributed by atoms with Crippen molar-refractivity contribution in [3.63, 3.8) is 0 Å². The van der Waals surface area contributed by atoms with Gasteiger partial charge in [-0.3, -0.25) is 4.79 Å². The van der Waals surface area contributed by atoms with Crippen LogP contribution in [0.25, 0.3) is 0 Å². The van der Waals surface area contributed by atoms with E-state index in [1.807, 2.05) is 13.8 Å². The number of carbonyl (C=O) groups is 2. The van der Waals surface area contributed by atoms with E-state index in [-0.39, 0.29) is 30.7 Å². The smallest absolute Gasteiger partial charge is 0.317 e. The van der Waals surface area contributed by atoms with Crippen LogP contribution in [0.1, 0.15) is 41.0 Å². The predicted octanol–water partition coefficient (Wildman–Crippen LogP) is 1.94. The molecule has 0 aliphatic carbocycles. The third kappa shape index (κ3) is 4.59. The predicted molar refractivity (Wildman–Crippen MR) is 80.2 cm³/mol. The van der Waals surface area contributed by atoms with Gasteiger partial charge in [0.25, 0.3) is 0 Å². The van der Waals surface area contributed by atoms with Crippen LogP contribution in [0.5, 0.6) is 0 Å². The zero-order valence-corrected chi connectivity index (χ0v) is 13.7. The van der Waals surface area contributed by atoms with E-state index in [2.05, 4.69) is 26.1 Å². The van der Waals surface area contributed by atoms with E-state index in [0.717, 1.165) is 6.42 Å². The maximum atomic E-state index is 12.5. The molecule has 0 aromatic rings. The lowest BCUT2D eigenvalue weighted by atomic mass is 9.88. The van der Waals surface area contributed by atoms with Crippen molar-refractivity contribution in [2.24, 2.45) is 11.3 Å². The van der Waals surface area contributed by atoms with Gasteiger partial charge in [-0.1, -0.05) is 27.7 Å². The van der Waals surface area contributed by atoms with Crippen LogP contribution in [-0.2, 0) is 9.53 Å². The fourth-order valence-corrected chi connectivity index (χ4v) is 2.23. The average Bonchev–Trinajstić information content (AvgIpc) is 2.83. The number of hydrogen-bond donors (Lipinski definition) is 2. The first kappa shape index (κ1) is 17.8. The molecule has 6 nitrogen and oxygen atoms in total. The first-order chi connectivity index (χ1) is 9.68. The summed E-state index contributed by atoms with van der Waals surface area (Å²) in [6, 6.07) is -0.606. The summed E-state index contributed by atoms with van der Waals surface area (Å²) in [4.78, 5) is 25.4. The minimum atomic E-state index is -0.907. The number of aliphatic carboxylic acids is 1. The van der Waals surface area contributed by atoms with Gasteiger partial charge in [-0.25, -0.2) is 4.79 Å². The van der Waals surface area contributed by atoms with Crippen molar-refractivity contribution >= 4 is 12.0 Å². The number of hydrogen-bond acceptors (Lipinski definition) is 3. The molecular formula is C15H28N2O4. The third-order valence-electron chi connectivity index (χ3n) is 4.13. The lowest BCUT2D eigenvalue weighted by molar-refractivity contribution is -0.142. The topological polar surface area (TPSA) is 78.9 Å². The molecule has 1 aliphatic heterocycles. The maximum absolute atomic E-state index is 12.5. The van der Waals surface area contributed by atoms with Crippen molar-refractivity contribution in [2.45, 2.75) is 53.1 Å². The van der Waals surface area contributed by atoms with E-state index in [4.69, 9.17) is 4.74 Å². The highest BCUT2D eigenvalue weighted by Gasteiger charge is 2.40. The molecule has 1 fully saturated rings. The molecule has 0 saturated carbocycles. The lowest BCUT2D eigenvalue weighted by Gasteiger charge is -2.34. The molecule has 122 valence electrons. The SMILES string of the molecule is CCCN(C(=O)NC(C)C(C)(C)C)C1COCC1C(=O)O. The Morgan fingerprint density at radius 3 is 2.48 bits per heavy atom. The van der Waals surface area contributed by atoms with Crippen LogP contribution in [-0.4, -0.2) is 53.8 Å². The molecule has 0 spiro atoms. The number of urea groups is 1. The highest BCUT2D eigenvalue weighted by atomic mass is 16.5. The van der Waals surface area contributed by atoms with E-state index in [0.29, 0.717) is 6.54 Å². The molecule has 1 heterocycles. The molecule has 1 rings (SSSR count). The van der Waals surface area contributed by atoms with Gasteiger partial charge in [-0.05, 0) is 18.8 Å². The number of carboxylic acid groups (broad SMARTS) is 1. The standard InChI is InChI=1S/C15H28N2O4/c1-6-7-17(12-9-21-8-11(12)13(18)19)14(20)16-10(2)15(3,4)5/h10-12H,6-9H2,1-5H3,(H,16,20)(H,18,19). The summed E-state index contributed by atoms with van der Waals surface area (Å²) in [6.45, 7) is 11.1. The van der Waals surface area contributed by atoms with Crippen LogP contribution >= 0.6 is 0 Å². The van der Waals surface area contributed by atoms with Gasteiger partial charge in [-0.15, -0.1) is 0 Å². The van der Waals surface area contributed by atoms with Crippen molar-refractivity contribution in [1.29, 1.82) is 0 Å². The summed E-state index contributed by atoms with van der Waals surface area (Å²) in [7, 11) is 0. The average molecular weight is 300 g/mol. The quantitative estimate of drug-likeness (QED) is 0.813. The Kier molecular flexibility index (Phi) is 6.01. The van der Waals surface area contributed by atoms with Gasteiger partial charge in [0.2, 0.25) is 0 Å². The van der Waals surface area contributed by atoms with E-state index in [1.165, 1.54) is 0 Å². The van der Waals surface area contributed by atoms with Crippen LogP contribution in [0, 0.1) is 11.3 Å². The zero-order chi connectivity index (χ0) is 16.2. The molecule has 0 bridgehead atoms. The molecule has 6 heteroatoms. The second kappa shape index (κ2) is 7.11. The first-order valence-corrected chi connectivity index (χ1v) is 7.56. The number of amides is 2. The lowest BCUT2D eigenvalue weighted by Crippen LogP contribution is -2.54. The van der Waals surface area contributed by atoms with E-state index >= 15 is 0 Å². The van der Waals surface area contributed by atoms with Crippen LogP contribution in [0.4, 0.5) is 4.79 Å². The monoisotopic (exact) mass is 300 g/mol. The van der Waals surface area contributed by atoms with Gasteiger partial charge < -0.3 is 20.1 Å². The molecule has 0 aromatic carbocycles. The van der Waals surface area contributed by atoms with Crippen LogP contribution in [0.2, 0.25) is 0 Å². The van der Waals surface area contributed by atoms with E-state index in [9.17, 15) is 14.7 Å². The molecule has 0 aromatic heterocycles.